The lowest BCUT2D eigenvalue weighted by Gasteiger charge is -2.13. The number of rotatable bonds is 7. The normalized spacial score (nSPS) is 13.8. The maximum absolute atomic E-state index is 12.4. The first-order chi connectivity index (χ1) is 15.7. The summed E-state index contributed by atoms with van der Waals surface area (Å²) in [6, 6.07) is 7.86. The van der Waals surface area contributed by atoms with Crippen molar-refractivity contribution < 1.29 is 42.8 Å². The van der Waals surface area contributed by atoms with Gasteiger partial charge >= 0.3 is 17.9 Å². The van der Waals surface area contributed by atoms with Crippen molar-refractivity contribution in [3.63, 3.8) is 0 Å². The number of carbonyl (C=O) groups is 3. The van der Waals surface area contributed by atoms with Crippen molar-refractivity contribution in [2.75, 3.05) is 21.3 Å². The summed E-state index contributed by atoms with van der Waals surface area (Å²) in [7, 11) is 4.35. The van der Waals surface area contributed by atoms with Gasteiger partial charge in [-0.05, 0) is 35.9 Å². The van der Waals surface area contributed by atoms with Crippen molar-refractivity contribution in [3.8, 4) is 28.7 Å². The first-order valence-corrected chi connectivity index (χ1v) is 9.59. The quantitative estimate of drug-likeness (QED) is 0.353. The van der Waals surface area contributed by atoms with Crippen LogP contribution in [-0.2, 0) is 19.1 Å². The lowest BCUT2D eigenvalue weighted by molar-refractivity contribution is -0.134. The summed E-state index contributed by atoms with van der Waals surface area (Å²) >= 11 is 0. The molecular formula is C23H21NO9. The molecule has 1 aliphatic rings. The van der Waals surface area contributed by atoms with Gasteiger partial charge in [0.1, 0.15) is 11.5 Å². The van der Waals surface area contributed by atoms with Crippen LogP contribution in [0.2, 0.25) is 0 Å². The Hall–Kier alpha value is -4.34. The van der Waals surface area contributed by atoms with Gasteiger partial charge in [0.05, 0.1) is 21.3 Å². The van der Waals surface area contributed by atoms with Crippen molar-refractivity contribution in [1.29, 1.82) is 0 Å². The van der Waals surface area contributed by atoms with Crippen molar-refractivity contribution >= 4 is 29.9 Å². The molecule has 0 spiro atoms. The minimum atomic E-state index is -0.691. The molecule has 10 nitrogen and oxygen atoms in total. The first-order valence-electron chi connectivity index (χ1n) is 9.59. The van der Waals surface area contributed by atoms with Gasteiger partial charge in [0.2, 0.25) is 11.6 Å². The number of ether oxygens (including phenoxy) is 6. The number of methoxy groups -OCH3 is 3. The third-order valence-corrected chi connectivity index (χ3v) is 4.28. The Kier molecular flexibility index (Phi) is 6.97. The van der Waals surface area contributed by atoms with Gasteiger partial charge in [0, 0.05) is 25.5 Å². The number of aliphatic imine (C=N–C) groups is 1. The molecule has 0 N–H and O–H groups in total. The van der Waals surface area contributed by atoms with E-state index in [-0.39, 0.29) is 28.8 Å². The number of hydrogen-bond donors (Lipinski definition) is 0. The van der Waals surface area contributed by atoms with Crippen LogP contribution in [0.25, 0.3) is 6.08 Å². The minimum absolute atomic E-state index is 0.0112. The number of cyclic esters (lactones) is 1. The van der Waals surface area contributed by atoms with Crippen LogP contribution in [0.3, 0.4) is 0 Å². The van der Waals surface area contributed by atoms with E-state index in [9.17, 15) is 14.4 Å². The van der Waals surface area contributed by atoms with Crippen LogP contribution in [0.1, 0.15) is 25.0 Å². The molecule has 1 aliphatic heterocycles. The standard InChI is InChI=1S/C23H21NO9/c1-12(25)31-20-8-14(7-19(30-5)21(20)32-13(2)26)6-18-23(27)33-22(24-18)15-9-16(28-3)11-17(10-15)29-4/h6-11H,1-5H3/b18-6+. The molecule has 172 valence electrons. The summed E-state index contributed by atoms with van der Waals surface area (Å²) in [4.78, 5) is 39.7. The lowest BCUT2D eigenvalue weighted by Crippen LogP contribution is -2.08. The molecule has 0 aromatic heterocycles. The van der Waals surface area contributed by atoms with E-state index in [2.05, 4.69) is 4.99 Å². The second kappa shape index (κ2) is 9.86. The molecule has 3 rings (SSSR count). The lowest BCUT2D eigenvalue weighted by atomic mass is 10.1. The fourth-order valence-electron chi connectivity index (χ4n) is 2.93. The molecule has 0 fully saturated rings. The van der Waals surface area contributed by atoms with Crippen molar-refractivity contribution in [3.05, 3.63) is 47.2 Å². The largest absolute Gasteiger partial charge is 0.497 e. The molecular weight excluding hydrogens is 434 g/mol. The van der Waals surface area contributed by atoms with E-state index in [1.807, 2.05) is 0 Å². The molecule has 0 amide bonds. The monoisotopic (exact) mass is 455 g/mol. The predicted octanol–water partition coefficient (Wildman–Crippen LogP) is 2.91. The molecule has 0 unspecified atom stereocenters. The summed E-state index contributed by atoms with van der Waals surface area (Å²) in [6.45, 7) is 2.40. The zero-order chi connectivity index (χ0) is 24.1. The third kappa shape index (κ3) is 5.48. The number of carbonyl (C=O) groups excluding carboxylic acids is 3. The highest BCUT2D eigenvalue weighted by Crippen LogP contribution is 2.40. The van der Waals surface area contributed by atoms with Crippen LogP contribution >= 0.6 is 0 Å². The van der Waals surface area contributed by atoms with Crippen LogP contribution in [0.15, 0.2) is 41.0 Å². The Morgan fingerprint density at radius 2 is 1.45 bits per heavy atom. The topological polar surface area (TPSA) is 119 Å². The Labute approximate surface area is 189 Å². The third-order valence-electron chi connectivity index (χ3n) is 4.28. The Morgan fingerprint density at radius 1 is 0.848 bits per heavy atom. The highest BCUT2D eigenvalue weighted by atomic mass is 16.6. The highest BCUT2D eigenvalue weighted by molar-refractivity contribution is 6.13. The highest BCUT2D eigenvalue weighted by Gasteiger charge is 2.26. The van der Waals surface area contributed by atoms with Gasteiger partial charge in [0.25, 0.3) is 0 Å². The molecule has 1 heterocycles. The summed E-state index contributed by atoms with van der Waals surface area (Å²) in [6.07, 6.45) is 1.42. The van der Waals surface area contributed by atoms with Crippen molar-refractivity contribution in [2.45, 2.75) is 13.8 Å². The van der Waals surface area contributed by atoms with Gasteiger partial charge in [-0.25, -0.2) is 9.79 Å². The molecule has 0 radical (unpaired) electrons. The Morgan fingerprint density at radius 3 is 2.00 bits per heavy atom. The van der Waals surface area contributed by atoms with E-state index in [1.165, 1.54) is 53.4 Å². The Balaban J connectivity index is 2.05. The minimum Gasteiger partial charge on any atom is -0.497 e. The van der Waals surface area contributed by atoms with Crippen LogP contribution in [-0.4, -0.2) is 45.1 Å². The van der Waals surface area contributed by atoms with Crippen LogP contribution in [0.4, 0.5) is 0 Å². The maximum Gasteiger partial charge on any atom is 0.363 e. The summed E-state index contributed by atoms with van der Waals surface area (Å²) in [5.41, 5.74) is 0.855. The van der Waals surface area contributed by atoms with Gasteiger partial charge in [-0.1, -0.05) is 0 Å². The second-order valence-corrected chi connectivity index (χ2v) is 6.68. The summed E-state index contributed by atoms with van der Waals surface area (Å²) in [5.74, 6) is -0.909. The first kappa shape index (κ1) is 23.3. The zero-order valence-corrected chi connectivity index (χ0v) is 18.6. The van der Waals surface area contributed by atoms with E-state index in [0.717, 1.165) is 0 Å². The van der Waals surface area contributed by atoms with Gasteiger partial charge in [-0.15, -0.1) is 0 Å². The average Bonchev–Trinajstić information content (AvgIpc) is 3.14. The van der Waals surface area contributed by atoms with Gasteiger partial charge in [0.15, 0.2) is 17.2 Å². The average molecular weight is 455 g/mol. The molecule has 0 atom stereocenters. The van der Waals surface area contributed by atoms with E-state index < -0.39 is 17.9 Å². The summed E-state index contributed by atoms with van der Waals surface area (Å²) < 4.78 is 31.3. The van der Waals surface area contributed by atoms with E-state index >= 15 is 0 Å². The molecule has 0 aliphatic carbocycles. The fourth-order valence-corrected chi connectivity index (χ4v) is 2.93. The van der Waals surface area contributed by atoms with Gasteiger partial charge < -0.3 is 28.4 Å². The Bertz CT molecular complexity index is 1160. The maximum atomic E-state index is 12.4. The van der Waals surface area contributed by atoms with Crippen molar-refractivity contribution in [1.82, 2.24) is 0 Å². The molecule has 0 saturated carbocycles. The van der Waals surface area contributed by atoms with E-state index in [1.54, 1.807) is 18.2 Å². The SMILES string of the molecule is COc1cc(OC)cc(C2=N/C(=C/c3cc(OC)c(OC(C)=O)c(OC(C)=O)c3)C(=O)O2)c1. The second-order valence-electron chi connectivity index (χ2n) is 6.68. The summed E-state index contributed by atoms with van der Waals surface area (Å²) in [5, 5.41) is 0. The van der Waals surface area contributed by atoms with Crippen molar-refractivity contribution in [2.24, 2.45) is 4.99 Å². The van der Waals surface area contributed by atoms with Crippen LogP contribution in [0.5, 0.6) is 28.7 Å². The predicted molar refractivity (Wildman–Crippen MR) is 116 cm³/mol. The van der Waals surface area contributed by atoms with Crippen LogP contribution < -0.4 is 23.7 Å². The van der Waals surface area contributed by atoms with E-state index in [0.29, 0.717) is 22.6 Å². The van der Waals surface area contributed by atoms with Crippen LogP contribution in [0, 0.1) is 0 Å². The van der Waals surface area contributed by atoms with Gasteiger partial charge in [-0.2, -0.15) is 0 Å². The number of hydrogen-bond acceptors (Lipinski definition) is 10. The number of esters is 3. The molecule has 2 aromatic carbocycles. The zero-order valence-electron chi connectivity index (χ0n) is 18.6. The number of nitrogens with zero attached hydrogens (tertiary/aromatic N) is 1. The molecule has 0 saturated heterocycles. The molecule has 10 heteroatoms. The van der Waals surface area contributed by atoms with E-state index in [4.69, 9.17) is 28.4 Å². The molecule has 0 bridgehead atoms. The molecule has 33 heavy (non-hydrogen) atoms. The van der Waals surface area contributed by atoms with Gasteiger partial charge in [-0.3, -0.25) is 9.59 Å². The smallest absolute Gasteiger partial charge is 0.363 e. The molecule has 2 aromatic rings. The fraction of sp³-hybridized carbons (Fsp3) is 0.217. The number of benzene rings is 2.